The molecule has 0 fully saturated rings. The van der Waals surface area contributed by atoms with E-state index >= 15 is 0 Å². The van der Waals surface area contributed by atoms with Gasteiger partial charge in [0.25, 0.3) is 5.56 Å². The van der Waals surface area contributed by atoms with Crippen LogP contribution in [0.1, 0.15) is 16.1 Å². The van der Waals surface area contributed by atoms with Crippen molar-refractivity contribution in [1.29, 1.82) is 0 Å². The molecule has 0 unspecified atom stereocenters. The Morgan fingerprint density at radius 3 is 2.73 bits per heavy atom. The molecule has 26 heavy (non-hydrogen) atoms. The molecule has 0 amide bonds. The minimum atomic E-state index is -0.865. The molecule has 0 atom stereocenters. The van der Waals surface area contributed by atoms with E-state index in [9.17, 15) is 14.7 Å². The second kappa shape index (κ2) is 7.72. The molecule has 3 aromatic rings. The van der Waals surface area contributed by atoms with Crippen molar-refractivity contribution < 1.29 is 14.6 Å². The van der Waals surface area contributed by atoms with Crippen molar-refractivity contribution in [1.82, 2.24) is 9.55 Å². The van der Waals surface area contributed by atoms with Gasteiger partial charge >= 0.3 is 5.97 Å². The number of nitrogens with zero attached hydrogens (tertiary/aromatic N) is 2. The molecule has 6 nitrogen and oxygen atoms in total. The van der Waals surface area contributed by atoms with E-state index in [4.69, 9.17) is 11.6 Å². The van der Waals surface area contributed by atoms with Crippen molar-refractivity contribution in [2.75, 3.05) is 7.11 Å². The molecule has 0 spiro atoms. The highest BCUT2D eigenvalue weighted by atomic mass is 35.5. The summed E-state index contributed by atoms with van der Waals surface area (Å²) in [6.07, 6.45) is 0.469. The number of rotatable bonds is 5. The molecule has 0 bridgehead atoms. The van der Waals surface area contributed by atoms with Gasteiger partial charge in [0.1, 0.15) is 0 Å². The lowest BCUT2D eigenvalue weighted by atomic mass is 10.1. The molecule has 3 rings (SSSR count). The summed E-state index contributed by atoms with van der Waals surface area (Å²) in [5.41, 5.74) is -0.222. The zero-order valence-corrected chi connectivity index (χ0v) is 15.4. The predicted octanol–water partition coefficient (Wildman–Crippen LogP) is 3.36. The number of hydrogen-bond donors (Lipinski definition) is 1. The van der Waals surface area contributed by atoms with Gasteiger partial charge in [0, 0.05) is 11.6 Å². The van der Waals surface area contributed by atoms with Crippen LogP contribution in [0.2, 0.25) is 5.02 Å². The average molecular weight is 391 g/mol. The van der Waals surface area contributed by atoms with Crippen LogP contribution in [0.4, 0.5) is 0 Å². The Morgan fingerprint density at radius 2 is 2.08 bits per heavy atom. The Labute approximate surface area is 158 Å². The molecule has 0 radical (unpaired) electrons. The molecule has 1 N–H and O–H groups in total. The number of benzene rings is 1. The lowest BCUT2D eigenvalue weighted by Crippen LogP contribution is -2.26. The van der Waals surface area contributed by atoms with Gasteiger partial charge in [0.2, 0.25) is 5.75 Å². The second-order valence-corrected chi connectivity index (χ2v) is 6.75. The maximum absolute atomic E-state index is 12.7. The van der Waals surface area contributed by atoms with Gasteiger partial charge in [-0.15, -0.1) is 11.3 Å². The number of carbonyl (C=O) groups excluding carboxylic acids is 1. The number of aryl methyl sites for hydroxylation is 1. The van der Waals surface area contributed by atoms with Gasteiger partial charge in [-0.25, -0.2) is 9.78 Å². The first-order chi connectivity index (χ1) is 12.5. The monoisotopic (exact) mass is 390 g/mol. The van der Waals surface area contributed by atoms with E-state index in [1.807, 2.05) is 29.6 Å². The zero-order valence-electron chi connectivity index (χ0n) is 13.8. The molecule has 0 aliphatic rings. The molecular formula is C18H15ClN2O4S. The van der Waals surface area contributed by atoms with E-state index in [0.29, 0.717) is 22.1 Å². The van der Waals surface area contributed by atoms with Gasteiger partial charge in [0.15, 0.2) is 11.5 Å². The van der Waals surface area contributed by atoms with Crippen molar-refractivity contribution in [3.63, 3.8) is 0 Å². The maximum Gasteiger partial charge on any atom is 0.360 e. The summed E-state index contributed by atoms with van der Waals surface area (Å²) in [6, 6.07) is 10.9. The number of halogens is 1. The molecule has 2 aromatic heterocycles. The first kappa shape index (κ1) is 18.2. The summed E-state index contributed by atoms with van der Waals surface area (Å²) >= 11 is 7.55. The quantitative estimate of drug-likeness (QED) is 0.675. The van der Waals surface area contributed by atoms with Crippen molar-refractivity contribution in [3.05, 3.63) is 68.4 Å². The van der Waals surface area contributed by atoms with Gasteiger partial charge in [-0.3, -0.25) is 9.36 Å². The fourth-order valence-electron chi connectivity index (χ4n) is 2.52. The van der Waals surface area contributed by atoms with Crippen molar-refractivity contribution >= 4 is 28.9 Å². The first-order valence-corrected chi connectivity index (χ1v) is 8.98. The van der Waals surface area contributed by atoms with E-state index in [-0.39, 0.29) is 6.54 Å². The number of aromatic nitrogens is 2. The Kier molecular flexibility index (Phi) is 5.39. The second-order valence-electron chi connectivity index (χ2n) is 5.40. The van der Waals surface area contributed by atoms with Crippen LogP contribution in [0.3, 0.4) is 0 Å². The molecule has 0 saturated carbocycles. The van der Waals surface area contributed by atoms with E-state index in [2.05, 4.69) is 9.72 Å². The van der Waals surface area contributed by atoms with Crippen LogP contribution in [-0.4, -0.2) is 27.7 Å². The fraction of sp³-hybridized carbons (Fsp3) is 0.167. The summed E-state index contributed by atoms with van der Waals surface area (Å²) in [5.74, 6) is -1.29. The van der Waals surface area contributed by atoms with Crippen LogP contribution in [-0.2, 0) is 17.7 Å². The molecule has 0 saturated heterocycles. The number of aromatic hydroxyl groups is 1. The van der Waals surface area contributed by atoms with E-state index < -0.39 is 23.0 Å². The average Bonchev–Trinajstić information content (AvgIpc) is 3.18. The largest absolute Gasteiger partial charge is 0.501 e. The van der Waals surface area contributed by atoms with Crippen LogP contribution >= 0.6 is 22.9 Å². The van der Waals surface area contributed by atoms with E-state index in [1.165, 1.54) is 15.9 Å². The fourth-order valence-corrected chi connectivity index (χ4v) is 3.47. The number of carbonyl (C=O) groups is 1. The lowest BCUT2D eigenvalue weighted by Gasteiger charge is -2.14. The predicted molar refractivity (Wildman–Crippen MR) is 100.0 cm³/mol. The third kappa shape index (κ3) is 3.49. The molecule has 8 heteroatoms. The van der Waals surface area contributed by atoms with Crippen molar-refractivity contribution in [2.24, 2.45) is 0 Å². The van der Waals surface area contributed by atoms with Gasteiger partial charge in [-0.2, -0.15) is 0 Å². The number of hydrogen-bond acceptors (Lipinski definition) is 6. The summed E-state index contributed by atoms with van der Waals surface area (Å²) in [7, 11) is 1.16. The van der Waals surface area contributed by atoms with Crippen LogP contribution in [0.15, 0.2) is 46.6 Å². The smallest absolute Gasteiger partial charge is 0.360 e. The highest BCUT2D eigenvalue weighted by Gasteiger charge is 2.23. The molecule has 2 heterocycles. The van der Waals surface area contributed by atoms with Crippen LogP contribution in [0.25, 0.3) is 10.7 Å². The minimum Gasteiger partial charge on any atom is -0.501 e. The van der Waals surface area contributed by atoms with Crippen molar-refractivity contribution in [2.45, 2.75) is 13.0 Å². The third-order valence-electron chi connectivity index (χ3n) is 3.83. The van der Waals surface area contributed by atoms with Crippen LogP contribution < -0.4 is 5.56 Å². The Hall–Kier alpha value is -2.64. The SMILES string of the molecule is COC(=O)c1nc(-c2cccs2)n(CCc2ccccc2Cl)c(=O)c1O. The van der Waals surface area contributed by atoms with Gasteiger partial charge < -0.3 is 9.84 Å². The molecule has 1 aromatic carbocycles. The number of esters is 1. The standard InChI is InChI=1S/C18H15ClN2O4S/c1-25-18(24)14-15(22)17(23)21(16(20-14)13-7-4-10-26-13)9-8-11-5-2-3-6-12(11)19/h2-7,10,22H,8-9H2,1H3. The van der Waals surface area contributed by atoms with Crippen LogP contribution in [0, 0.1) is 0 Å². The Balaban J connectivity index is 2.08. The molecular weight excluding hydrogens is 376 g/mol. The summed E-state index contributed by atoms with van der Waals surface area (Å²) in [5, 5.41) is 12.6. The van der Waals surface area contributed by atoms with Gasteiger partial charge in [-0.1, -0.05) is 35.9 Å². The number of methoxy groups -OCH3 is 1. The van der Waals surface area contributed by atoms with E-state index in [1.54, 1.807) is 12.1 Å². The topological polar surface area (TPSA) is 81.4 Å². The van der Waals surface area contributed by atoms with Crippen LogP contribution in [0.5, 0.6) is 5.75 Å². The maximum atomic E-state index is 12.7. The summed E-state index contributed by atoms with van der Waals surface area (Å²) in [6.45, 7) is 0.248. The minimum absolute atomic E-state index is 0.248. The van der Waals surface area contributed by atoms with Gasteiger partial charge in [-0.05, 0) is 29.5 Å². The molecule has 0 aliphatic carbocycles. The normalized spacial score (nSPS) is 10.7. The summed E-state index contributed by atoms with van der Waals surface area (Å²) in [4.78, 5) is 29.4. The highest BCUT2D eigenvalue weighted by molar-refractivity contribution is 7.13. The first-order valence-electron chi connectivity index (χ1n) is 7.72. The Bertz CT molecular complexity index is 999. The number of thiophene rings is 1. The molecule has 0 aliphatic heterocycles. The highest BCUT2D eigenvalue weighted by Crippen LogP contribution is 2.25. The summed E-state index contributed by atoms with van der Waals surface area (Å²) < 4.78 is 5.95. The number of ether oxygens (including phenoxy) is 1. The lowest BCUT2D eigenvalue weighted by molar-refractivity contribution is 0.0589. The Morgan fingerprint density at radius 1 is 1.31 bits per heavy atom. The van der Waals surface area contributed by atoms with Gasteiger partial charge in [0.05, 0.1) is 12.0 Å². The van der Waals surface area contributed by atoms with E-state index in [0.717, 1.165) is 12.7 Å². The third-order valence-corrected chi connectivity index (χ3v) is 5.06. The zero-order chi connectivity index (χ0) is 18.7. The molecule has 134 valence electrons. The van der Waals surface area contributed by atoms with Crippen molar-refractivity contribution in [3.8, 4) is 16.5 Å².